The van der Waals surface area contributed by atoms with E-state index in [-0.39, 0.29) is 0 Å². The second kappa shape index (κ2) is 2.98. The van der Waals surface area contributed by atoms with Crippen molar-refractivity contribution in [3.63, 3.8) is 0 Å². The van der Waals surface area contributed by atoms with Crippen LogP contribution >= 0.6 is 0 Å². The highest BCUT2D eigenvalue weighted by atomic mass is 16.5. The number of hydrogen-bond donors (Lipinski definition) is 0. The zero-order valence-electron chi connectivity index (χ0n) is 8.54. The molecule has 4 aliphatic carbocycles. The molecule has 0 aromatic carbocycles. The Bertz CT molecular complexity index is 193. The molecule has 0 aromatic rings. The molecule has 13 heavy (non-hydrogen) atoms. The fraction of sp³-hybridized carbons (Fsp3) is 1.00. The molecule has 4 aliphatic rings. The fourth-order valence-electron chi connectivity index (χ4n) is 4.38. The van der Waals surface area contributed by atoms with Crippen LogP contribution < -0.4 is 0 Å². The molecule has 0 heterocycles. The highest BCUT2D eigenvalue weighted by Crippen LogP contribution is 2.51. The fourth-order valence-corrected chi connectivity index (χ4v) is 4.38. The van der Waals surface area contributed by atoms with E-state index in [0.29, 0.717) is 6.10 Å². The van der Waals surface area contributed by atoms with E-state index < -0.39 is 0 Å². The first-order valence-corrected chi connectivity index (χ1v) is 5.89. The molecule has 0 radical (unpaired) electrons. The van der Waals surface area contributed by atoms with Crippen molar-refractivity contribution in [3.05, 3.63) is 0 Å². The number of hydrogen-bond acceptors (Lipinski definition) is 1. The quantitative estimate of drug-likeness (QED) is 0.565. The van der Waals surface area contributed by atoms with Crippen LogP contribution in [0.25, 0.3) is 0 Å². The van der Waals surface area contributed by atoms with Crippen molar-refractivity contribution in [1.29, 1.82) is 0 Å². The third-order valence-electron chi connectivity index (χ3n) is 4.72. The largest absolute Gasteiger partial charge is 0.381 e. The lowest BCUT2D eigenvalue weighted by Gasteiger charge is -2.43. The monoisotopic (exact) mass is 181 g/mol. The van der Waals surface area contributed by atoms with Crippen LogP contribution in [-0.2, 0) is 4.74 Å². The molecular formula is C12H20O. The van der Waals surface area contributed by atoms with Crippen LogP contribution in [0.5, 0.6) is 0 Å². The molecule has 0 N–H and O–H groups in total. The third kappa shape index (κ3) is 1.24. The molecule has 0 amide bonds. The van der Waals surface area contributed by atoms with Crippen molar-refractivity contribution in [1.82, 2.24) is 0 Å². The summed E-state index contributed by atoms with van der Waals surface area (Å²) in [7, 11) is 1.92. The maximum Gasteiger partial charge on any atom is 0.0627 e. The summed E-state index contributed by atoms with van der Waals surface area (Å²) in [4.78, 5) is 0. The van der Waals surface area contributed by atoms with Crippen molar-refractivity contribution < 1.29 is 4.74 Å². The molecule has 5 atom stereocenters. The molecule has 4 bridgehead atoms. The molecule has 74 valence electrons. The van der Waals surface area contributed by atoms with Crippen molar-refractivity contribution in [2.45, 2.75) is 44.6 Å². The van der Waals surface area contributed by atoms with Crippen LogP contribution in [-0.4, -0.2) is 13.2 Å². The Morgan fingerprint density at radius 3 is 2.46 bits per heavy atom. The Kier molecular flexibility index (Phi) is 1.90. The molecule has 4 fully saturated rings. The summed E-state index contributed by atoms with van der Waals surface area (Å²) >= 11 is 0. The first-order chi connectivity index (χ1) is 6.36. The van der Waals surface area contributed by atoms with E-state index in [1.165, 1.54) is 32.1 Å². The van der Waals surface area contributed by atoms with Crippen LogP contribution in [0.1, 0.15) is 38.5 Å². The molecule has 4 saturated carbocycles. The smallest absolute Gasteiger partial charge is 0.0627 e. The first-order valence-electron chi connectivity index (χ1n) is 5.89. The lowest BCUT2D eigenvalue weighted by atomic mass is 9.67. The van der Waals surface area contributed by atoms with Gasteiger partial charge in [0, 0.05) is 7.11 Å². The van der Waals surface area contributed by atoms with E-state index in [1.807, 2.05) is 7.11 Å². The van der Waals surface area contributed by atoms with E-state index in [0.717, 1.165) is 23.7 Å². The van der Waals surface area contributed by atoms with Gasteiger partial charge in [0.05, 0.1) is 6.10 Å². The van der Waals surface area contributed by atoms with Gasteiger partial charge < -0.3 is 4.74 Å². The minimum atomic E-state index is 0.626. The van der Waals surface area contributed by atoms with Crippen molar-refractivity contribution in [3.8, 4) is 0 Å². The molecular weight excluding hydrogens is 161 g/mol. The minimum Gasteiger partial charge on any atom is -0.381 e. The summed E-state index contributed by atoms with van der Waals surface area (Å²) in [5.74, 6) is 3.98. The van der Waals surface area contributed by atoms with Gasteiger partial charge >= 0.3 is 0 Å². The Labute approximate surface area is 80.8 Å². The average molecular weight is 181 g/mol. The van der Waals surface area contributed by atoms with E-state index in [1.54, 1.807) is 6.42 Å². The lowest BCUT2D eigenvalue weighted by molar-refractivity contribution is -0.0488. The SMILES string of the molecule is CO[C@@H]1[C@@H]2C[C@H]3C[C@H](C[13CH2][C@@H]1C3)C2. The summed E-state index contributed by atoms with van der Waals surface area (Å²) in [6, 6.07) is 0. The topological polar surface area (TPSA) is 9.23 Å². The number of ether oxygens (including phenoxy) is 1. The Balaban J connectivity index is 1.88. The standard InChI is InChI=1S/C12H20O/c1-13-12-10-3-2-8-4-9(6-10)7-11(12)5-8/h8-12H,2-7H2,1H3/t8-,9-,10+,11-,12-/m0/s1/i3+1. The molecule has 0 aliphatic heterocycles. The summed E-state index contributed by atoms with van der Waals surface area (Å²) < 4.78 is 5.71. The van der Waals surface area contributed by atoms with Gasteiger partial charge in [-0.15, -0.1) is 0 Å². The van der Waals surface area contributed by atoms with Crippen LogP contribution in [0.15, 0.2) is 0 Å². The van der Waals surface area contributed by atoms with Crippen LogP contribution in [0.3, 0.4) is 0 Å². The minimum absolute atomic E-state index is 0.626. The van der Waals surface area contributed by atoms with Gasteiger partial charge in [-0.3, -0.25) is 0 Å². The zero-order valence-corrected chi connectivity index (χ0v) is 8.54. The predicted molar refractivity (Wildman–Crippen MR) is 52.5 cm³/mol. The lowest BCUT2D eigenvalue weighted by Crippen LogP contribution is -2.40. The van der Waals surface area contributed by atoms with Gasteiger partial charge in [-0.05, 0) is 55.8 Å². The van der Waals surface area contributed by atoms with E-state index in [4.69, 9.17) is 4.74 Å². The Morgan fingerprint density at radius 1 is 0.846 bits per heavy atom. The number of fused-ring (bicyclic) bond motifs is 1. The van der Waals surface area contributed by atoms with E-state index in [9.17, 15) is 0 Å². The molecule has 1 heteroatoms. The van der Waals surface area contributed by atoms with Gasteiger partial charge in [-0.25, -0.2) is 0 Å². The summed E-state index contributed by atoms with van der Waals surface area (Å²) in [5, 5.41) is 0. The van der Waals surface area contributed by atoms with Gasteiger partial charge in [-0.2, -0.15) is 0 Å². The second-order valence-electron chi connectivity index (χ2n) is 5.47. The van der Waals surface area contributed by atoms with Crippen molar-refractivity contribution >= 4 is 0 Å². The number of methoxy groups -OCH3 is 1. The molecule has 4 rings (SSSR count). The predicted octanol–water partition coefficient (Wildman–Crippen LogP) is 2.85. The van der Waals surface area contributed by atoms with Crippen molar-refractivity contribution in [2.75, 3.05) is 7.11 Å². The van der Waals surface area contributed by atoms with E-state index >= 15 is 0 Å². The normalized spacial score (nSPS) is 53.8. The number of rotatable bonds is 1. The molecule has 0 unspecified atom stereocenters. The van der Waals surface area contributed by atoms with Gasteiger partial charge in [-0.1, -0.05) is 6.42 Å². The summed E-state index contributed by atoms with van der Waals surface area (Å²) in [6.07, 6.45) is 9.56. The molecule has 0 spiro atoms. The maximum atomic E-state index is 5.71. The first kappa shape index (κ1) is 8.28. The Morgan fingerprint density at radius 2 is 1.62 bits per heavy atom. The van der Waals surface area contributed by atoms with Gasteiger partial charge in [0.2, 0.25) is 0 Å². The van der Waals surface area contributed by atoms with Gasteiger partial charge in [0.1, 0.15) is 0 Å². The maximum absolute atomic E-state index is 5.71. The third-order valence-corrected chi connectivity index (χ3v) is 4.72. The molecule has 0 saturated heterocycles. The van der Waals surface area contributed by atoms with E-state index in [2.05, 4.69) is 0 Å². The van der Waals surface area contributed by atoms with Crippen LogP contribution in [0.2, 0.25) is 0 Å². The van der Waals surface area contributed by atoms with Gasteiger partial charge in [0.25, 0.3) is 0 Å². The van der Waals surface area contributed by atoms with Crippen LogP contribution in [0.4, 0.5) is 0 Å². The second-order valence-corrected chi connectivity index (χ2v) is 5.47. The van der Waals surface area contributed by atoms with Crippen LogP contribution in [0, 0.1) is 23.7 Å². The highest BCUT2D eigenvalue weighted by molar-refractivity contribution is 4.96. The van der Waals surface area contributed by atoms with Crippen molar-refractivity contribution in [2.24, 2.45) is 23.7 Å². The molecule has 1 nitrogen and oxygen atoms in total. The zero-order chi connectivity index (χ0) is 8.84. The highest BCUT2D eigenvalue weighted by Gasteiger charge is 2.45. The van der Waals surface area contributed by atoms with Gasteiger partial charge in [0.15, 0.2) is 0 Å². The summed E-state index contributed by atoms with van der Waals surface area (Å²) in [6.45, 7) is 0. The average Bonchev–Trinajstić information content (AvgIpc) is 2.33. The Hall–Kier alpha value is -0.0400. The molecule has 0 aromatic heterocycles. The summed E-state index contributed by atoms with van der Waals surface area (Å²) in [5.41, 5.74) is 0.